The predicted molar refractivity (Wildman–Crippen MR) is 49.5 cm³/mol. The lowest BCUT2D eigenvalue weighted by molar-refractivity contribution is 0.235. The molecule has 0 aliphatic rings. The minimum atomic E-state index is -1.02. The molecule has 0 spiro atoms. The van der Waals surface area contributed by atoms with Crippen LogP contribution in [0.5, 0.6) is 0 Å². The molecule has 12 heavy (non-hydrogen) atoms. The maximum atomic E-state index is 9.22. The maximum Gasteiger partial charge on any atom is 0.166 e. The van der Waals surface area contributed by atoms with Gasteiger partial charge in [0.05, 0.1) is 6.07 Å². The second-order valence-corrected chi connectivity index (χ2v) is 3.45. The van der Waals surface area contributed by atoms with Gasteiger partial charge < -0.3 is 5.11 Å². The van der Waals surface area contributed by atoms with E-state index >= 15 is 0 Å². The van der Waals surface area contributed by atoms with Gasteiger partial charge in [-0.3, -0.25) is 0 Å². The van der Waals surface area contributed by atoms with Gasteiger partial charge in [-0.1, -0.05) is 22.0 Å². The number of halogens is 1. The second-order valence-electron chi connectivity index (χ2n) is 2.53. The first-order chi connectivity index (χ1) is 5.65. The lowest BCUT2D eigenvalue weighted by Gasteiger charge is -2.06. The molecule has 0 aromatic heterocycles. The van der Waals surface area contributed by atoms with E-state index in [1.54, 1.807) is 12.1 Å². The molecular formula is C9H8BrNO. The van der Waals surface area contributed by atoms with E-state index in [-0.39, 0.29) is 0 Å². The Morgan fingerprint density at radius 2 is 2.25 bits per heavy atom. The highest BCUT2D eigenvalue weighted by Gasteiger charge is 2.07. The fraction of sp³-hybridized carbons (Fsp3) is 0.222. The molecule has 1 unspecified atom stereocenters. The molecule has 1 rings (SSSR count). The van der Waals surface area contributed by atoms with Crippen LogP contribution in [0.3, 0.4) is 0 Å². The number of aliphatic hydroxyl groups is 1. The van der Waals surface area contributed by atoms with Crippen molar-refractivity contribution in [3.05, 3.63) is 33.8 Å². The van der Waals surface area contributed by atoms with Crippen LogP contribution in [0.15, 0.2) is 22.7 Å². The number of nitrogens with zero attached hydrogens (tertiary/aromatic N) is 1. The number of hydrogen-bond acceptors (Lipinski definition) is 2. The molecule has 0 bridgehead atoms. The van der Waals surface area contributed by atoms with Gasteiger partial charge in [0.2, 0.25) is 0 Å². The third kappa shape index (κ3) is 1.84. The van der Waals surface area contributed by atoms with E-state index in [4.69, 9.17) is 5.26 Å². The Balaban J connectivity index is 3.11. The molecule has 0 amide bonds. The highest BCUT2D eigenvalue weighted by atomic mass is 79.9. The minimum Gasteiger partial charge on any atom is -0.374 e. The van der Waals surface area contributed by atoms with Crippen molar-refractivity contribution in [2.75, 3.05) is 0 Å². The summed E-state index contributed by atoms with van der Waals surface area (Å²) in [4.78, 5) is 0. The van der Waals surface area contributed by atoms with Crippen molar-refractivity contribution >= 4 is 15.9 Å². The normalized spacial score (nSPS) is 12.2. The second kappa shape index (κ2) is 3.70. The van der Waals surface area contributed by atoms with E-state index in [0.29, 0.717) is 5.56 Å². The van der Waals surface area contributed by atoms with E-state index in [2.05, 4.69) is 15.9 Å². The van der Waals surface area contributed by atoms with Gasteiger partial charge >= 0.3 is 0 Å². The van der Waals surface area contributed by atoms with Gasteiger partial charge in [0.25, 0.3) is 0 Å². The van der Waals surface area contributed by atoms with Crippen LogP contribution in [0.2, 0.25) is 0 Å². The van der Waals surface area contributed by atoms with Crippen LogP contribution in [-0.2, 0) is 0 Å². The molecule has 1 aromatic rings. The Bertz CT molecular complexity index is 330. The molecule has 0 radical (unpaired) electrons. The first-order valence-corrected chi connectivity index (χ1v) is 4.28. The van der Waals surface area contributed by atoms with Crippen LogP contribution in [0.1, 0.15) is 17.2 Å². The van der Waals surface area contributed by atoms with Crippen LogP contribution >= 0.6 is 15.9 Å². The van der Waals surface area contributed by atoms with E-state index < -0.39 is 6.10 Å². The molecule has 0 aliphatic heterocycles. The van der Waals surface area contributed by atoms with Gasteiger partial charge in [-0.25, -0.2) is 0 Å². The van der Waals surface area contributed by atoms with Crippen molar-refractivity contribution in [2.24, 2.45) is 0 Å². The summed E-state index contributed by atoms with van der Waals surface area (Å²) in [6.07, 6.45) is -1.02. The van der Waals surface area contributed by atoms with Crippen molar-refractivity contribution in [1.82, 2.24) is 0 Å². The molecule has 1 aromatic carbocycles. The quantitative estimate of drug-likeness (QED) is 0.746. The molecule has 1 N–H and O–H groups in total. The highest BCUT2D eigenvalue weighted by molar-refractivity contribution is 9.10. The summed E-state index contributed by atoms with van der Waals surface area (Å²) in [6, 6.07) is 7.20. The molecule has 0 fully saturated rings. The first kappa shape index (κ1) is 9.24. The largest absolute Gasteiger partial charge is 0.374 e. The number of benzene rings is 1. The van der Waals surface area contributed by atoms with Crippen LogP contribution in [0.25, 0.3) is 0 Å². The van der Waals surface area contributed by atoms with Gasteiger partial charge in [0, 0.05) is 4.47 Å². The Morgan fingerprint density at radius 3 is 2.75 bits per heavy atom. The summed E-state index contributed by atoms with van der Waals surface area (Å²) >= 11 is 3.30. The van der Waals surface area contributed by atoms with Gasteiger partial charge in [0.15, 0.2) is 6.10 Å². The zero-order valence-electron chi connectivity index (χ0n) is 6.58. The monoisotopic (exact) mass is 225 g/mol. The van der Waals surface area contributed by atoms with Gasteiger partial charge in [0.1, 0.15) is 0 Å². The highest BCUT2D eigenvalue weighted by Crippen LogP contribution is 2.20. The summed E-state index contributed by atoms with van der Waals surface area (Å²) < 4.78 is 0.953. The maximum absolute atomic E-state index is 9.22. The molecule has 2 nitrogen and oxygen atoms in total. The minimum absolute atomic E-state index is 0.667. The summed E-state index contributed by atoms with van der Waals surface area (Å²) in [7, 11) is 0. The Labute approximate surface area is 79.6 Å². The Hall–Kier alpha value is -0.850. The average Bonchev–Trinajstić information content (AvgIpc) is 2.03. The van der Waals surface area contributed by atoms with Crippen LogP contribution < -0.4 is 0 Å². The lowest BCUT2D eigenvalue weighted by Crippen LogP contribution is -1.96. The lowest BCUT2D eigenvalue weighted by atomic mass is 10.0. The third-order valence-electron chi connectivity index (χ3n) is 1.65. The number of aryl methyl sites for hydroxylation is 1. The number of hydrogen-bond donors (Lipinski definition) is 1. The zero-order chi connectivity index (χ0) is 9.14. The Kier molecular flexibility index (Phi) is 2.85. The van der Waals surface area contributed by atoms with E-state index in [1.807, 2.05) is 19.1 Å². The summed E-state index contributed by atoms with van der Waals surface area (Å²) in [5.41, 5.74) is 1.58. The smallest absolute Gasteiger partial charge is 0.166 e. The average molecular weight is 226 g/mol. The number of nitriles is 1. The van der Waals surface area contributed by atoms with Crippen LogP contribution in [-0.4, -0.2) is 5.11 Å². The fourth-order valence-corrected chi connectivity index (χ4v) is 1.49. The van der Waals surface area contributed by atoms with Gasteiger partial charge in [-0.05, 0) is 30.2 Å². The molecular weight excluding hydrogens is 218 g/mol. The zero-order valence-corrected chi connectivity index (χ0v) is 8.17. The molecule has 62 valence electrons. The third-order valence-corrected chi connectivity index (χ3v) is 2.14. The molecule has 3 heteroatoms. The fourth-order valence-electron chi connectivity index (χ4n) is 1.02. The standard InChI is InChI=1S/C9H8BrNO/c1-6-4-7(10)2-3-8(6)9(12)5-11/h2-4,9,12H,1H3. The molecule has 0 aliphatic carbocycles. The van der Waals surface area contributed by atoms with Crippen molar-refractivity contribution in [3.8, 4) is 6.07 Å². The van der Waals surface area contributed by atoms with Crippen molar-refractivity contribution in [2.45, 2.75) is 13.0 Å². The van der Waals surface area contributed by atoms with E-state index in [9.17, 15) is 5.11 Å². The molecule has 0 saturated heterocycles. The summed E-state index contributed by atoms with van der Waals surface area (Å²) in [5.74, 6) is 0. The number of rotatable bonds is 1. The van der Waals surface area contributed by atoms with Crippen molar-refractivity contribution < 1.29 is 5.11 Å². The summed E-state index contributed by atoms with van der Waals surface area (Å²) in [5, 5.41) is 17.7. The molecule has 0 heterocycles. The SMILES string of the molecule is Cc1cc(Br)ccc1C(O)C#N. The van der Waals surface area contributed by atoms with E-state index in [1.165, 1.54) is 0 Å². The predicted octanol–water partition coefficient (Wildman–Crippen LogP) is 2.31. The molecule has 0 saturated carbocycles. The first-order valence-electron chi connectivity index (χ1n) is 3.49. The Morgan fingerprint density at radius 1 is 1.58 bits per heavy atom. The van der Waals surface area contributed by atoms with E-state index in [0.717, 1.165) is 10.0 Å². The van der Waals surface area contributed by atoms with Crippen molar-refractivity contribution in [1.29, 1.82) is 5.26 Å². The van der Waals surface area contributed by atoms with Gasteiger partial charge in [-0.2, -0.15) is 5.26 Å². The van der Waals surface area contributed by atoms with Gasteiger partial charge in [-0.15, -0.1) is 0 Å². The van der Waals surface area contributed by atoms with Crippen molar-refractivity contribution in [3.63, 3.8) is 0 Å². The van der Waals surface area contributed by atoms with Crippen LogP contribution in [0.4, 0.5) is 0 Å². The topological polar surface area (TPSA) is 44.0 Å². The molecule has 1 atom stereocenters. The summed E-state index contributed by atoms with van der Waals surface area (Å²) in [6.45, 7) is 1.86. The number of aliphatic hydroxyl groups excluding tert-OH is 1. The van der Waals surface area contributed by atoms with Crippen LogP contribution in [0, 0.1) is 18.3 Å².